The number of nitrogens with zero attached hydrogens (tertiary/aromatic N) is 2. The van der Waals surface area contributed by atoms with Crippen molar-refractivity contribution in [2.75, 3.05) is 13.1 Å². The standard InChI is InChI=1S/C13H15ClN2O2S/c14-11-5-4-9(19-11)7-15-8-12(17)16-6-2-1-3-10(16)13(15)18/h4-5,10H,1-3,6-8H2. The Bertz CT molecular complexity index is 516. The molecule has 3 heterocycles. The van der Waals surface area contributed by atoms with E-state index in [1.807, 2.05) is 12.1 Å². The van der Waals surface area contributed by atoms with Crippen LogP contribution >= 0.6 is 22.9 Å². The van der Waals surface area contributed by atoms with Crippen molar-refractivity contribution in [3.63, 3.8) is 0 Å². The molecule has 3 rings (SSSR count). The highest BCUT2D eigenvalue weighted by molar-refractivity contribution is 7.16. The van der Waals surface area contributed by atoms with Crippen LogP contribution in [0.25, 0.3) is 0 Å². The van der Waals surface area contributed by atoms with Gasteiger partial charge in [-0.05, 0) is 31.4 Å². The number of carbonyl (C=O) groups excluding carboxylic acids is 2. The molecule has 0 bridgehead atoms. The van der Waals surface area contributed by atoms with Crippen molar-refractivity contribution in [3.05, 3.63) is 21.3 Å². The van der Waals surface area contributed by atoms with Gasteiger partial charge in [-0.25, -0.2) is 0 Å². The monoisotopic (exact) mass is 298 g/mol. The van der Waals surface area contributed by atoms with E-state index in [0.717, 1.165) is 30.7 Å². The third kappa shape index (κ3) is 2.49. The van der Waals surface area contributed by atoms with Crippen LogP contribution in [0.15, 0.2) is 12.1 Å². The highest BCUT2D eigenvalue weighted by Crippen LogP contribution is 2.27. The van der Waals surface area contributed by atoms with Gasteiger partial charge in [-0.1, -0.05) is 11.6 Å². The van der Waals surface area contributed by atoms with E-state index in [1.54, 1.807) is 9.80 Å². The van der Waals surface area contributed by atoms with Gasteiger partial charge in [-0.2, -0.15) is 0 Å². The van der Waals surface area contributed by atoms with Crippen LogP contribution in [-0.2, 0) is 16.1 Å². The summed E-state index contributed by atoms with van der Waals surface area (Å²) in [6.07, 6.45) is 2.83. The van der Waals surface area contributed by atoms with Gasteiger partial charge >= 0.3 is 0 Å². The fraction of sp³-hybridized carbons (Fsp3) is 0.538. The first kappa shape index (κ1) is 12.9. The van der Waals surface area contributed by atoms with Gasteiger partial charge in [0.15, 0.2) is 0 Å². The molecule has 102 valence electrons. The Kier molecular flexibility index (Phi) is 3.50. The number of carbonyl (C=O) groups is 2. The molecule has 0 radical (unpaired) electrons. The summed E-state index contributed by atoms with van der Waals surface area (Å²) >= 11 is 7.35. The van der Waals surface area contributed by atoms with Crippen molar-refractivity contribution in [1.29, 1.82) is 0 Å². The first-order valence-corrected chi connectivity index (χ1v) is 7.67. The van der Waals surface area contributed by atoms with Crippen LogP contribution in [0.3, 0.4) is 0 Å². The van der Waals surface area contributed by atoms with Gasteiger partial charge in [-0.15, -0.1) is 11.3 Å². The number of fused-ring (bicyclic) bond motifs is 1. The quantitative estimate of drug-likeness (QED) is 0.839. The van der Waals surface area contributed by atoms with Gasteiger partial charge in [0.2, 0.25) is 11.8 Å². The molecule has 0 aromatic carbocycles. The number of hydrogen-bond acceptors (Lipinski definition) is 3. The Labute approximate surface area is 120 Å². The zero-order chi connectivity index (χ0) is 13.4. The predicted molar refractivity (Wildman–Crippen MR) is 74.1 cm³/mol. The number of thiophene rings is 1. The molecule has 1 atom stereocenters. The molecular weight excluding hydrogens is 284 g/mol. The van der Waals surface area contributed by atoms with Gasteiger partial charge in [0, 0.05) is 11.4 Å². The average Bonchev–Trinajstić information content (AvgIpc) is 2.81. The lowest BCUT2D eigenvalue weighted by Crippen LogP contribution is -2.60. The van der Waals surface area contributed by atoms with Crippen molar-refractivity contribution in [3.8, 4) is 0 Å². The smallest absolute Gasteiger partial charge is 0.246 e. The summed E-state index contributed by atoms with van der Waals surface area (Å²) in [5.41, 5.74) is 0. The molecule has 6 heteroatoms. The van der Waals surface area contributed by atoms with Gasteiger partial charge in [0.25, 0.3) is 0 Å². The fourth-order valence-electron chi connectivity index (χ4n) is 2.79. The van der Waals surface area contributed by atoms with Crippen molar-refractivity contribution in [2.24, 2.45) is 0 Å². The molecule has 2 amide bonds. The normalized spacial score (nSPS) is 23.7. The van der Waals surface area contributed by atoms with Crippen LogP contribution in [0.2, 0.25) is 4.34 Å². The predicted octanol–water partition coefficient (Wildman–Crippen LogP) is 2.12. The molecule has 1 aromatic heterocycles. The summed E-state index contributed by atoms with van der Waals surface area (Å²) in [6, 6.07) is 3.51. The number of piperidine rings is 1. The SMILES string of the molecule is O=C1C2CCCCN2C(=O)CN1Cc1ccc(Cl)s1. The zero-order valence-electron chi connectivity index (χ0n) is 10.5. The minimum atomic E-state index is -0.231. The van der Waals surface area contributed by atoms with E-state index in [9.17, 15) is 9.59 Å². The van der Waals surface area contributed by atoms with E-state index in [1.165, 1.54) is 11.3 Å². The van der Waals surface area contributed by atoms with Crippen LogP contribution < -0.4 is 0 Å². The molecule has 1 aromatic rings. The Morgan fingerprint density at radius 1 is 1.32 bits per heavy atom. The van der Waals surface area contributed by atoms with Gasteiger partial charge in [0.05, 0.1) is 10.9 Å². The first-order chi connectivity index (χ1) is 9.15. The number of hydrogen-bond donors (Lipinski definition) is 0. The van der Waals surface area contributed by atoms with Crippen LogP contribution in [0.1, 0.15) is 24.1 Å². The van der Waals surface area contributed by atoms with Crippen LogP contribution in [-0.4, -0.2) is 40.7 Å². The zero-order valence-corrected chi connectivity index (χ0v) is 12.0. The Morgan fingerprint density at radius 2 is 2.16 bits per heavy atom. The summed E-state index contributed by atoms with van der Waals surface area (Å²) in [4.78, 5) is 29.0. The largest absolute Gasteiger partial charge is 0.329 e. The van der Waals surface area contributed by atoms with E-state index in [0.29, 0.717) is 10.9 Å². The lowest BCUT2D eigenvalue weighted by Gasteiger charge is -2.42. The van der Waals surface area contributed by atoms with Crippen LogP contribution in [0.4, 0.5) is 0 Å². The van der Waals surface area contributed by atoms with Crippen molar-refractivity contribution >= 4 is 34.8 Å². The van der Waals surface area contributed by atoms with Gasteiger partial charge < -0.3 is 9.80 Å². The maximum Gasteiger partial charge on any atom is 0.246 e. The summed E-state index contributed by atoms with van der Waals surface area (Å²) in [5, 5.41) is 0. The minimum absolute atomic E-state index is 0.0759. The topological polar surface area (TPSA) is 40.6 Å². The van der Waals surface area contributed by atoms with Crippen LogP contribution in [0.5, 0.6) is 0 Å². The highest BCUT2D eigenvalue weighted by atomic mass is 35.5. The van der Waals surface area contributed by atoms with E-state index in [-0.39, 0.29) is 24.4 Å². The molecule has 2 aliphatic rings. The highest BCUT2D eigenvalue weighted by Gasteiger charge is 2.40. The van der Waals surface area contributed by atoms with Crippen molar-refractivity contribution < 1.29 is 9.59 Å². The second-order valence-corrected chi connectivity index (χ2v) is 6.80. The second kappa shape index (κ2) is 5.13. The molecule has 0 N–H and O–H groups in total. The van der Waals surface area contributed by atoms with E-state index in [2.05, 4.69) is 0 Å². The third-order valence-corrected chi connectivity index (χ3v) is 4.94. The first-order valence-electron chi connectivity index (χ1n) is 6.47. The minimum Gasteiger partial charge on any atom is -0.329 e. The molecular formula is C13H15ClN2O2S. The molecule has 2 fully saturated rings. The number of piperazine rings is 1. The summed E-state index contributed by atoms with van der Waals surface area (Å²) in [5.74, 6) is 0.163. The number of rotatable bonds is 2. The summed E-state index contributed by atoms with van der Waals surface area (Å²) in [7, 11) is 0. The molecule has 0 aliphatic carbocycles. The number of halogens is 1. The van der Waals surface area contributed by atoms with Crippen LogP contribution in [0, 0.1) is 0 Å². The maximum atomic E-state index is 12.4. The lowest BCUT2D eigenvalue weighted by atomic mass is 9.98. The fourth-order valence-corrected chi connectivity index (χ4v) is 3.89. The Balaban J connectivity index is 1.75. The average molecular weight is 299 g/mol. The van der Waals surface area contributed by atoms with E-state index in [4.69, 9.17) is 11.6 Å². The summed E-state index contributed by atoms with van der Waals surface area (Å²) in [6.45, 7) is 1.42. The molecule has 1 unspecified atom stereocenters. The maximum absolute atomic E-state index is 12.4. The molecule has 19 heavy (non-hydrogen) atoms. The summed E-state index contributed by atoms with van der Waals surface area (Å²) < 4.78 is 0.713. The third-order valence-electron chi connectivity index (χ3n) is 3.72. The van der Waals surface area contributed by atoms with Gasteiger partial charge in [0.1, 0.15) is 12.6 Å². The molecule has 2 aliphatic heterocycles. The van der Waals surface area contributed by atoms with Crippen molar-refractivity contribution in [1.82, 2.24) is 9.80 Å². The lowest BCUT2D eigenvalue weighted by molar-refractivity contribution is -0.158. The molecule has 2 saturated heterocycles. The Morgan fingerprint density at radius 3 is 2.89 bits per heavy atom. The number of amides is 2. The molecule has 0 spiro atoms. The second-order valence-electron chi connectivity index (χ2n) is 5.00. The van der Waals surface area contributed by atoms with Crippen molar-refractivity contribution in [2.45, 2.75) is 31.8 Å². The van der Waals surface area contributed by atoms with E-state index < -0.39 is 0 Å². The van der Waals surface area contributed by atoms with Gasteiger partial charge in [-0.3, -0.25) is 9.59 Å². The molecule has 0 saturated carbocycles. The molecule has 4 nitrogen and oxygen atoms in total. The van der Waals surface area contributed by atoms with E-state index >= 15 is 0 Å². The Hall–Kier alpha value is -1.07.